The largest absolute Gasteiger partial charge is 0.274 e. The predicted octanol–water partition coefficient (Wildman–Crippen LogP) is 2.99. The zero-order valence-corrected chi connectivity index (χ0v) is 16.2. The van der Waals surface area contributed by atoms with Crippen LogP contribution in [-0.4, -0.2) is 33.5 Å². The van der Waals surface area contributed by atoms with Crippen LogP contribution in [0.2, 0.25) is 0 Å². The van der Waals surface area contributed by atoms with E-state index in [4.69, 9.17) is 7.85 Å². The lowest BCUT2D eigenvalue weighted by Gasteiger charge is -2.05. The summed E-state index contributed by atoms with van der Waals surface area (Å²) in [5.74, 6) is 0.598. The molecule has 2 aromatic heterocycles. The van der Waals surface area contributed by atoms with Gasteiger partial charge in [-0.05, 0) is 30.5 Å². The number of hydrogen-bond acceptors (Lipinski definition) is 6. The van der Waals surface area contributed by atoms with Crippen molar-refractivity contribution in [2.45, 2.75) is 23.8 Å². The first-order valence-electron chi connectivity index (χ1n) is 9.25. The summed E-state index contributed by atoms with van der Waals surface area (Å²) in [4.78, 5) is 17.6. The average Bonchev–Trinajstić information content (AvgIpc) is 3.54. The summed E-state index contributed by atoms with van der Waals surface area (Å²) in [6, 6.07) is 15.1. The summed E-state index contributed by atoms with van der Waals surface area (Å²) in [6.07, 6.45) is 1.79. The third kappa shape index (κ3) is 3.08. The molecule has 138 valence electrons. The van der Waals surface area contributed by atoms with Gasteiger partial charge in [-0.2, -0.15) is 5.26 Å². The molecule has 5 rings (SSSR count). The minimum Gasteiger partial charge on any atom is -0.274 e. The van der Waals surface area contributed by atoms with Crippen LogP contribution in [-0.2, 0) is 5.75 Å². The normalized spacial score (nSPS) is 13.6. The molecule has 8 heteroatoms. The van der Waals surface area contributed by atoms with Crippen LogP contribution < -0.4 is 5.46 Å². The van der Waals surface area contributed by atoms with Crippen molar-refractivity contribution in [3.63, 3.8) is 0 Å². The number of hydrogen-bond donors (Lipinski definition) is 0. The van der Waals surface area contributed by atoms with Crippen LogP contribution in [0.15, 0.2) is 47.6 Å². The van der Waals surface area contributed by atoms with Gasteiger partial charge in [-0.25, -0.2) is 4.98 Å². The highest BCUT2D eigenvalue weighted by molar-refractivity contribution is 7.98. The molecule has 0 amide bonds. The maximum absolute atomic E-state index is 13.0. The highest BCUT2D eigenvalue weighted by Crippen LogP contribution is 2.34. The first kappa shape index (κ1) is 17.9. The molecule has 0 unspecified atom stereocenters. The van der Waals surface area contributed by atoms with E-state index in [1.165, 1.54) is 11.8 Å². The van der Waals surface area contributed by atoms with E-state index in [1.54, 1.807) is 16.7 Å². The molecule has 6 nitrogen and oxygen atoms in total. The number of aromatic nitrogens is 4. The standard InChI is InChI=1S/C21H14BN5OS/c22-15-6-3-7-16-17(15)18-19(27(16)20(28)12-8-9-12)24-21(26-25-18)29-11-14-5-2-1-4-13(14)10-23/h1-7,12H,8-9,11H2. The van der Waals surface area contributed by atoms with E-state index in [9.17, 15) is 10.1 Å². The molecule has 0 bridgehead atoms. The van der Waals surface area contributed by atoms with Crippen LogP contribution in [0.25, 0.3) is 22.1 Å². The zero-order valence-electron chi connectivity index (χ0n) is 15.4. The van der Waals surface area contributed by atoms with Gasteiger partial charge in [-0.3, -0.25) is 9.36 Å². The van der Waals surface area contributed by atoms with Crippen molar-refractivity contribution in [1.29, 1.82) is 5.26 Å². The molecule has 1 aliphatic carbocycles. The monoisotopic (exact) mass is 395 g/mol. The van der Waals surface area contributed by atoms with Crippen LogP contribution in [0, 0.1) is 17.2 Å². The molecule has 2 aromatic carbocycles. The highest BCUT2D eigenvalue weighted by atomic mass is 32.2. The molecule has 0 N–H and O–H groups in total. The quantitative estimate of drug-likeness (QED) is 0.390. The van der Waals surface area contributed by atoms with Crippen molar-refractivity contribution in [2.75, 3.05) is 0 Å². The Hall–Kier alpha value is -3.18. The lowest BCUT2D eigenvalue weighted by atomic mass is 9.92. The molecular formula is C21H14BN5OS. The van der Waals surface area contributed by atoms with Crippen LogP contribution in [0.3, 0.4) is 0 Å². The molecular weight excluding hydrogens is 381 g/mol. The van der Waals surface area contributed by atoms with Gasteiger partial charge in [0.05, 0.1) is 17.1 Å². The molecule has 0 atom stereocenters. The number of thioether (sulfide) groups is 1. The highest BCUT2D eigenvalue weighted by Gasteiger charge is 2.33. The second kappa shape index (κ2) is 7.01. The summed E-state index contributed by atoms with van der Waals surface area (Å²) in [5, 5.41) is 19.0. The van der Waals surface area contributed by atoms with Gasteiger partial charge in [-0.15, -0.1) is 10.2 Å². The Morgan fingerprint density at radius 2 is 2.03 bits per heavy atom. The average molecular weight is 395 g/mol. The van der Waals surface area contributed by atoms with E-state index in [0.717, 1.165) is 23.9 Å². The van der Waals surface area contributed by atoms with Crippen molar-refractivity contribution < 1.29 is 4.79 Å². The van der Waals surface area contributed by atoms with Gasteiger partial charge in [0.25, 0.3) is 0 Å². The van der Waals surface area contributed by atoms with Crippen molar-refractivity contribution >= 4 is 53.0 Å². The SMILES string of the molecule is [B]c1cccc2c1c1nnc(SCc3ccccc3C#N)nc1n2C(=O)C1CC1. The van der Waals surface area contributed by atoms with E-state index in [0.29, 0.717) is 38.5 Å². The lowest BCUT2D eigenvalue weighted by Crippen LogP contribution is -2.13. The topological polar surface area (TPSA) is 84.5 Å². The molecule has 2 heterocycles. The molecule has 0 saturated heterocycles. The molecule has 2 radical (unpaired) electrons. The number of nitrogens with zero attached hydrogens (tertiary/aromatic N) is 5. The van der Waals surface area contributed by atoms with Crippen molar-refractivity contribution in [3.8, 4) is 6.07 Å². The van der Waals surface area contributed by atoms with Crippen molar-refractivity contribution in [1.82, 2.24) is 19.7 Å². The maximum atomic E-state index is 13.0. The van der Waals surface area contributed by atoms with Gasteiger partial charge in [0.1, 0.15) is 13.4 Å². The second-order valence-corrected chi connectivity index (χ2v) is 7.96. The summed E-state index contributed by atoms with van der Waals surface area (Å²) < 4.78 is 1.64. The van der Waals surface area contributed by atoms with E-state index >= 15 is 0 Å². The number of carbonyl (C=O) groups is 1. The summed E-state index contributed by atoms with van der Waals surface area (Å²) in [5.41, 5.74) is 3.82. The van der Waals surface area contributed by atoms with Gasteiger partial charge >= 0.3 is 0 Å². The van der Waals surface area contributed by atoms with Gasteiger partial charge in [-0.1, -0.05) is 47.6 Å². The van der Waals surface area contributed by atoms with Gasteiger partial charge < -0.3 is 0 Å². The molecule has 29 heavy (non-hydrogen) atoms. The maximum Gasteiger partial charge on any atom is 0.235 e. The summed E-state index contributed by atoms with van der Waals surface area (Å²) in [6.45, 7) is 0. The van der Waals surface area contributed by atoms with Gasteiger partial charge in [0.15, 0.2) is 5.65 Å². The minimum atomic E-state index is 0.0295. The Morgan fingerprint density at radius 3 is 2.83 bits per heavy atom. The van der Waals surface area contributed by atoms with Crippen molar-refractivity contribution in [2.24, 2.45) is 5.92 Å². The molecule has 0 spiro atoms. The first-order chi connectivity index (χ1) is 14.2. The van der Waals surface area contributed by atoms with Crippen molar-refractivity contribution in [3.05, 3.63) is 53.6 Å². The van der Waals surface area contributed by atoms with Crippen LogP contribution >= 0.6 is 11.8 Å². The van der Waals surface area contributed by atoms with Gasteiger partial charge in [0, 0.05) is 17.1 Å². The molecule has 1 fully saturated rings. The van der Waals surface area contributed by atoms with E-state index in [2.05, 4.69) is 21.3 Å². The first-order valence-corrected chi connectivity index (χ1v) is 10.2. The lowest BCUT2D eigenvalue weighted by molar-refractivity contribution is 0.0896. The number of rotatable bonds is 4. The Bertz CT molecular complexity index is 1320. The minimum absolute atomic E-state index is 0.0295. The molecule has 4 aromatic rings. The third-order valence-corrected chi connectivity index (χ3v) is 5.94. The van der Waals surface area contributed by atoms with Crippen LogP contribution in [0.5, 0.6) is 0 Å². The van der Waals surface area contributed by atoms with Crippen LogP contribution in [0.4, 0.5) is 0 Å². The molecule has 1 aliphatic rings. The fourth-order valence-electron chi connectivity index (χ4n) is 3.43. The summed E-state index contributed by atoms with van der Waals surface area (Å²) >= 11 is 1.38. The smallest absolute Gasteiger partial charge is 0.235 e. The Balaban J connectivity index is 1.60. The number of benzene rings is 2. The van der Waals surface area contributed by atoms with Gasteiger partial charge in [0.2, 0.25) is 11.1 Å². The Labute approximate surface area is 172 Å². The molecule has 1 saturated carbocycles. The predicted molar refractivity (Wildman–Crippen MR) is 112 cm³/mol. The number of fused-ring (bicyclic) bond motifs is 3. The Kier molecular flexibility index (Phi) is 4.33. The van der Waals surface area contributed by atoms with E-state index in [1.807, 2.05) is 30.3 Å². The summed E-state index contributed by atoms with van der Waals surface area (Å²) in [7, 11) is 6.18. The molecule has 0 aliphatic heterocycles. The third-order valence-electron chi connectivity index (χ3n) is 5.05. The van der Waals surface area contributed by atoms with E-state index < -0.39 is 0 Å². The fourth-order valence-corrected chi connectivity index (χ4v) is 4.22. The second-order valence-electron chi connectivity index (χ2n) is 7.01. The number of nitriles is 1. The number of carbonyl (C=O) groups excluding carboxylic acids is 1. The fraction of sp³-hybridized carbons (Fsp3) is 0.190. The zero-order chi connectivity index (χ0) is 20.0. The van der Waals surface area contributed by atoms with E-state index in [-0.39, 0.29) is 11.8 Å². The Morgan fingerprint density at radius 1 is 1.21 bits per heavy atom. The van der Waals surface area contributed by atoms with Crippen LogP contribution in [0.1, 0.15) is 28.8 Å².